The van der Waals surface area contributed by atoms with Gasteiger partial charge < -0.3 is 11.1 Å². The molecule has 0 saturated carbocycles. The summed E-state index contributed by atoms with van der Waals surface area (Å²) in [5, 5.41) is 4.18. The zero-order valence-electron chi connectivity index (χ0n) is 16.3. The topological polar surface area (TPSA) is 71.2 Å². The van der Waals surface area contributed by atoms with Crippen LogP contribution in [0.5, 0.6) is 0 Å². The number of piperidine rings is 1. The number of likely N-dealkylation sites (tertiary alicyclic amines) is 1. The summed E-state index contributed by atoms with van der Waals surface area (Å²) in [6.45, 7) is 3.15. The second-order valence-electron chi connectivity index (χ2n) is 7.64. The molecule has 4 rings (SSSR count). The minimum atomic E-state index is -0.316. The SMILES string of the molecule is NC(=O)C1CCCN(Cc2cccc(CNc3ccnc4c(F)cccc34)c2)C1. The molecule has 0 spiro atoms. The number of hydrogen-bond acceptors (Lipinski definition) is 4. The quantitative estimate of drug-likeness (QED) is 0.671. The molecule has 3 aromatic rings. The van der Waals surface area contributed by atoms with Crippen LogP contribution in [0.3, 0.4) is 0 Å². The van der Waals surface area contributed by atoms with Gasteiger partial charge in [0.15, 0.2) is 0 Å². The van der Waals surface area contributed by atoms with Crippen LogP contribution in [-0.2, 0) is 17.9 Å². The maximum Gasteiger partial charge on any atom is 0.221 e. The second kappa shape index (κ2) is 8.57. The van der Waals surface area contributed by atoms with Gasteiger partial charge in [0.05, 0.1) is 5.92 Å². The number of hydrogen-bond donors (Lipinski definition) is 2. The zero-order chi connectivity index (χ0) is 20.2. The Bertz CT molecular complexity index is 1020. The first-order valence-electron chi connectivity index (χ1n) is 9.97. The zero-order valence-corrected chi connectivity index (χ0v) is 16.3. The molecule has 5 nitrogen and oxygen atoms in total. The smallest absolute Gasteiger partial charge is 0.221 e. The van der Waals surface area contributed by atoms with E-state index in [0.29, 0.717) is 12.1 Å². The molecule has 150 valence electrons. The first kappa shape index (κ1) is 19.3. The van der Waals surface area contributed by atoms with Gasteiger partial charge in [0, 0.05) is 36.9 Å². The number of nitrogens with zero attached hydrogens (tertiary/aromatic N) is 2. The molecule has 0 radical (unpaired) electrons. The maximum absolute atomic E-state index is 14.0. The highest BCUT2D eigenvalue weighted by Gasteiger charge is 2.23. The first-order valence-corrected chi connectivity index (χ1v) is 9.97. The van der Waals surface area contributed by atoms with Crippen molar-refractivity contribution in [3.8, 4) is 0 Å². The monoisotopic (exact) mass is 392 g/mol. The van der Waals surface area contributed by atoms with E-state index in [-0.39, 0.29) is 17.6 Å². The van der Waals surface area contributed by atoms with Crippen molar-refractivity contribution in [1.82, 2.24) is 9.88 Å². The van der Waals surface area contributed by atoms with Gasteiger partial charge >= 0.3 is 0 Å². The summed E-state index contributed by atoms with van der Waals surface area (Å²) in [6, 6.07) is 15.3. The number of para-hydroxylation sites is 1. The fraction of sp³-hybridized carbons (Fsp3) is 0.304. The Balaban J connectivity index is 1.43. The van der Waals surface area contributed by atoms with Crippen LogP contribution in [0.1, 0.15) is 24.0 Å². The Morgan fingerprint density at radius 2 is 2.03 bits per heavy atom. The molecule has 1 saturated heterocycles. The van der Waals surface area contributed by atoms with Gasteiger partial charge in [-0.3, -0.25) is 14.7 Å². The van der Waals surface area contributed by atoms with Gasteiger partial charge in [-0.25, -0.2) is 4.39 Å². The van der Waals surface area contributed by atoms with E-state index >= 15 is 0 Å². The minimum absolute atomic E-state index is 0.0473. The van der Waals surface area contributed by atoms with E-state index < -0.39 is 0 Å². The van der Waals surface area contributed by atoms with Crippen molar-refractivity contribution in [3.05, 3.63) is 71.7 Å². The Morgan fingerprint density at radius 1 is 1.21 bits per heavy atom. The Morgan fingerprint density at radius 3 is 2.90 bits per heavy atom. The molecule has 1 aliphatic heterocycles. The van der Waals surface area contributed by atoms with Crippen molar-refractivity contribution in [2.45, 2.75) is 25.9 Å². The number of rotatable bonds is 6. The summed E-state index contributed by atoms with van der Waals surface area (Å²) in [7, 11) is 0. The number of benzene rings is 2. The highest BCUT2D eigenvalue weighted by Crippen LogP contribution is 2.24. The lowest BCUT2D eigenvalue weighted by Crippen LogP contribution is -2.40. The van der Waals surface area contributed by atoms with Crippen LogP contribution in [0.25, 0.3) is 10.9 Å². The van der Waals surface area contributed by atoms with Crippen LogP contribution in [0.2, 0.25) is 0 Å². The van der Waals surface area contributed by atoms with Gasteiger partial charge in [-0.1, -0.05) is 36.4 Å². The number of anilines is 1. The average molecular weight is 392 g/mol. The van der Waals surface area contributed by atoms with Crippen molar-refractivity contribution >= 4 is 22.5 Å². The van der Waals surface area contributed by atoms with E-state index in [2.05, 4.69) is 33.4 Å². The Labute approximate surface area is 169 Å². The molecule has 1 amide bonds. The van der Waals surface area contributed by atoms with Gasteiger partial charge in [0.1, 0.15) is 11.3 Å². The molecule has 0 aliphatic carbocycles. The maximum atomic E-state index is 14.0. The van der Waals surface area contributed by atoms with E-state index in [4.69, 9.17) is 5.73 Å². The van der Waals surface area contributed by atoms with Crippen LogP contribution < -0.4 is 11.1 Å². The lowest BCUT2D eigenvalue weighted by Gasteiger charge is -2.31. The summed E-state index contributed by atoms with van der Waals surface area (Å²) in [5.74, 6) is -0.563. The minimum Gasteiger partial charge on any atom is -0.380 e. The standard InChI is InChI=1S/C23H25FN4O/c24-20-8-2-7-19-21(9-10-26-22(19)20)27-13-16-4-1-5-17(12-16)14-28-11-3-6-18(15-28)23(25)29/h1-2,4-5,7-10,12,18H,3,6,11,13-15H2,(H2,25,29)(H,26,27). The molecular formula is C23H25FN4O. The molecule has 3 N–H and O–H groups in total. The lowest BCUT2D eigenvalue weighted by atomic mass is 9.97. The fourth-order valence-corrected chi connectivity index (χ4v) is 4.02. The number of nitrogens with one attached hydrogen (secondary N) is 1. The van der Waals surface area contributed by atoms with E-state index in [1.165, 1.54) is 11.6 Å². The number of pyridine rings is 1. The number of carbonyl (C=O) groups excluding carboxylic acids is 1. The summed E-state index contributed by atoms with van der Waals surface area (Å²) >= 11 is 0. The van der Waals surface area contributed by atoms with E-state index in [1.54, 1.807) is 12.3 Å². The molecule has 2 heterocycles. The van der Waals surface area contributed by atoms with Crippen LogP contribution in [0.4, 0.5) is 10.1 Å². The van der Waals surface area contributed by atoms with Crippen molar-refractivity contribution in [1.29, 1.82) is 0 Å². The lowest BCUT2D eigenvalue weighted by molar-refractivity contribution is -0.123. The molecule has 2 aromatic carbocycles. The Hall–Kier alpha value is -2.99. The van der Waals surface area contributed by atoms with Gasteiger partial charge in [-0.15, -0.1) is 0 Å². The van der Waals surface area contributed by atoms with E-state index in [9.17, 15) is 9.18 Å². The summed E-state index contributed by atoms with van der Waals surface area (Å²) in [6.07, 6.45) is 3.51. The van der Waals surface area contributed by atoms with Crippen LogP contribution in [0.15, 0.2) is 54.7 Å². The van der Waals surface area contributed by atoms with Crippen LogP contribution in [0, 0.1) is 11.7 Å². The third-order valence-corrected chi connectivity index (χ3v) is 5.51. The van der Waals surface area contributed by atoms with Crippen molar-refractivity contribution in [2.75, 3.05) is 18.4 Å². The number of halogens is 1. The third-order valence-electron chi connectivity index (χ3n) is 5.51. The summed E-state index contributed by atoms with van der Waals surface area (Å²) in [4.78, 5) is 17.9. The molecule has 6 heteroatoms. The summed E-state index contributed by atoms with van der Waals surface area (Å²) in [5.41, 5.74) is 9.08. The fourth-order valence-electron chi connectivity index (χ4n) is 4.02. The molecule has 1 fully saturated rings. The molecule has 1 unspecified atom stereocenters. The number of amides is 1. The molecule has 29 heavy (non-hydrogen) atoms. The normalized spacial score (nSPS) is 17.3. The van der Waals surface area contributed by atoms with Crippen molar-refractivity contribution in [3.63, 3.8) is 0 Å². The molecule has 1 atom stereocenters. The first-order chi connectivity index (χ1) is 14.1. The van der Waals surface area contributed by atoms with E-state index in [0.717, 1.165) is 49.1 Å². The average Bonchev–Trinajstić information content (AvgIpc) is 2.73. The van der Waals surface area contributed by atoms with Crippen LogP contribution in [-0.4, -0.2) is 28.9 Å². The highest BCUT2D eigenvalue weighted by molar-refractivity contribution is 5.91. The number of carbonyl (C=O) groups is 1. The number of fused-ring (bicyclic) bond motifs is 1. The third kappa shape index (κ3) is 4.54. The molecule has 1 aliphatic rings. The van der Waals surface area contributed by atoms with Gasteiger partial charge in [-0.2, -0.15) is 0 Å². The predicted molar refractivity (Wildman–Crippen MR) is 113 cm³/mol. The van der Waals surface area contributed by atoms with Crippen molar-refractivity contribution in [2.24, 2.45) is 11.7 Å². The largest absolute Gasteiger partial charge is 0.380 e. The van der Waals surface area contributed by atoms with Gasteiger partial charge in [0.2, 0.25) is 5.91 Å². The molecule has 1 aromatic heterocycles. The molecular weight excluding hydrogens is 367 g/mol. The number of primary amides is 1. The predicted octanol–water partition coefficient (Wildman–Crippen LogP) is 3.68. The van der Waals surface area contributed by atoms with E-state index in [1.807, 2.05) is 18.2 Å². The van der Waals surface area contributed by atoms with Crippen LogP contribution >= 0.6 is 0 Å². The second-order valence-corrected chi connectivity index (χ2v) is 7.64. The summed E-state index contributed by atoms with van der Waals surface area (Å²) < 4.78 is 14.0. The van der Waals surface area contributed by atoms with Crippen molar-refractivity contribution < 1.29 is 9.18 Å². The number of aromatic nitrogens is 1. The molecule has 0 bridgehead atoms. The number of nitrogens with two attached hydrogens (primary N) is 1. The Kier molecular flexibility index (Phi) is 5.71. The highest BCUT2D eigenvalue weighted by atomic mass is 19.1. The van der Waals surface area contributed by atoms with Gasteiger partial charge in [-0.05, 0) is 42.6 Å². The van der Waals surface area contributed by atoms with Gasteiger partial charge in [0.25, 0.3) is 0 Å².